The number of unbranched alkanes of at least 4 members (excludes halogenated alkanes) is 12. The highest BCUT2D eigenvalue weighted by Crippen LogP contribution is 2.14. The lowest BCUT2D eigenvalue weighted by molar-refractivity contribution is -0.147. The molecule has 6 heteroatoms. The Morgan fingerprint density at radius 3 is 1.92 bits per heavy atom. The van der Waals surface area contributed by atoms with E-state index in [1.165, 1.54) is 44.9 Å². The first kappa shape index (κ1) is 36.6. The largest absolute Gasteiger partial charge is 0.480 e. The second kappa shape index (κ2) is 28.6. The van der Waals surface area contributed by atoms with Crippen LogP contribution >= 0.6 is 0 Å². The molecule has 224 valence electrons. The number of ether oxygens (including phenoxy) is 1. The molecule has 2 N–H and O–H groups in total. The number of nitrogens with one attached hydrogen (secondary N) is 1. The third-order valence-electron chi connectivity index (χ3n) is 6.52. The molecule has 0 fully saturated rings. The highest BCUT2D eigenvalue weighted by Gasteiger charge is 2.11. The summed E-state index contributed by atoms with van der Waals surface area (Å²) in [6.07, 6.45) is 32.7. The molecule has 0 rings (SSSR count). The number of hydrogen-bond donors (Lipinski definition) is 2. The Morgan fingerprint density at radius 2 is 1.26 bits per heavy atom. The third-order valence-corrected chi connectivity index (χ3v) is 6.52. The molecule has 0 aliphatic heterocycles. The normalized spacial score (nSPS) is 12.5. The first-order chi connectivity index (χ1) is 19.0. The van der Waals surface area contributed by atoms with Crippen LogP contribution in [0.3, 0.4) is 0 Å². The van der Waals surface area contributed by atoms with Gasteiger partial charge in [0.15, 0.2) is 0 Å². The minimum atomic E-state index is -1.03. The molecular weight excluding hydrogens is 490 g/mol. The highest BCUT2D eigenvalue weighted by atomic mass is 16.5. The van der Waals surface area contributed by atoms with E-state index in [2.05, 4.69) is 49.5 Å². The maximum Gasteiger partial charge on any atom is 0.322 e. The van der Waals surface area contributed by atoms with Crippen molar-refractivity contribution in [2.24, 2.45) is 0 Å². The summed E-state index contributed by atoms with van der Waals surface area (Å²) in [6.45, 7) is 4.08. The summed E-state index contributed by atoms with van der Waals surface area (Å²) in [7, 11) is 0. The summed E-state index contributed by atoms with van der Waals surface area (Å²) in [6, 6.07) is 0. The SMILES string of the molecule is CCCC/C=C\C/C=C\C(CCCCCCC(=O)NCC(=O)O)OC(=O)CCCCCCC/C=C\CCCC. The monoisotopic (exact) mass is 547 g/mol. The number of allylic oxidation sites excluding steroid dienone is 5. The van der Waals surface area contributed by atoms with E-state index in [4.69, 9.17) is 9.84 Å². The van der Waals surface area contributed by atoms with Gasteiger partial charge in [0.1, 0.15) is 12.6 Å². The van der Waals surface area contributed by atoms with Gasteiger partial charge in [-0.15, -0.1) is 0 Å². The molecule has 0 aromatic carbocycles. The number of carbonyl (C=O) groups is 3. The average molecular weight is 548 g/mol. The molecule has 0 bridgehead atoms. The second-order valence-corrected chi connectivity index (χ2v) is 10.3. The number of carboxylic acids is 1. The van der Waals surface area contributed by atoms with Crippen molar-refractivity contribution in [3.05, 3.63) is 36.5 Å². The van der Waals surface area contributed by atoms with Crippen molar-refractivity contribution in [3.63, 3.8) is 0 Å². The summed E-state index contributed by atoms with van der Waals surface area (Å²) in [5.41, 5.74) is 0. The molecule has 0 spiro atoms. The number of esters is 1. The molecule has 0 aromatic rings. The maximum absolute atomic E-state index is 12.5. The molecule has 1 atom stereocenters. The highest BCUT2D eigenvalue weighted by molar-refractivity contribution is 5.80. The number of rotatable bonds is 27. The van der Waals surface area contributed by atoms with Gasteiger partial charge >= 0.3 is 11.9 Å². The summed E-state index contributed by atoms with van der Waals surface area (Å²) in [4.78, 5) is 34.6. The van der Waals surface area contributed by atoms with Crippen LogP contribution in [0.15, 0.2) is 36.5 Å². The van der Waals surface area contributed by atoms with Crippen LogP contribution in [0.2, 0.25) is 0 Å². The van der Waals surface area contributed by atoms with Crippen LogP contribution in [0.25, 0.3) is 0 Å². The Bertz CT molecular complexity index is 698. The number of hydrogen-bond acceptors (Lipinski definition) is 4. The van der Waals surface area contributed by atoms with Gasteiger partial charge in [-0.3, -0.25) is 14.4 Å². The fourth-order valence-electron chi connectivity index (χ4n) is 4.13. The summed E-state index contributed by atoms with van der Waals surface area (Å²) in [5.74, 6) is -1.37. The second-order valence-electron chi connectivity index (χ2n) is 10.3. The predicted molar refractivity (Wildman–Crippen MR) is 162 cm³/mol. The van der Waals surface area contributed by atoms with Gasteiger partial charge in [-0.25, -0.2) is 0 Å². The number of amides is 1. The zero-order valence-corrected chi connectivity index (χ0v) is 25.0. The zero-order valence-electron chi connectivity index (χ0n) is 25.0. The van der Waals surface area contributed by atoms with E-state index >= 15 is 0 Å². The smallest absolute Gasteiger partial charge is 0.322 e. The molecule has 1 unspecified atom stereocenters. The van der Waals surface area contributed by atoms with Crippen LogP contribution in [0, 0.1) is 0 Å². The fraction of sp³-hybridized carbons (Fsp3) is 0.727. The van der Waals surface area contributed by atoms with Gasteiger partial charge in [0.2, 0.25) is 5.91 Å². The maximum atomic E-state index is 12.5. The van der Waals surface area contributed by atoms with E-state index < -0.39 is 5.97 Å². The lowest BCUT2D eigenvalue weighted by Crippen LogP contribution is -2.28. The molecule has 0 heterocycles. The van der Waals surface area contributed by atoms with E-state index in [1.54, 1.807) is 0 Å². The molecule has 39 heavy (non-hydrogen) atoms. The van der Waals surface area contributed by atoms with Crippen LogP contribution in [0.1, 0.15) is 142 Å². The van der Waals surface area contributed by atoms with Gasteiger partial charge in [0.05, 0.1) is 0 Å². The van der Waals surface area contributed by atoms with Crippen molar-refractivity contribution < 1.29 is 24.2 Å². The fourth-order valence-corrected chi connectivity index (χ4v) is 4.13. The Morgan fingerprint density at radius 1 is 0.692 bits per heavy atom. The van der Waals surface area contributed by atoms with E-state index in [1.807, 2.05) is 6.08 Å². The molecule has 0 aliphatic carbocycles. The minimum absolute atomic E-state index is 0.114. The summed E-state index contributed by atoms with van der Waals surface area (Å²) >= 11 is 0. The molecule has 6 nitrogen and oxygen atoms in total. The van der Waals surface area contributed by atoms with E-state index in [0.29, 0.717) is 12.8 Å². The van der Waals surface area contributed by atoms with Crippen molar-refractivity contribution in [3.8, 4) is 0 Å². The quantitative estimate of drug-likeness (QED) is 0.0610. The van der Waals surface area contributed by atoms with Crippen LogP contribution in [0.5, 0.6) is 0 Å². The number of carboxylic acid groups (broad SMARTS) is 1. The third kappa shape index (κ3) is 28.5. The number of carbonyl (C=O) groups excluding carboxylic acids is 2. The van der Waals surface area contributed by atoms with Crippen molar-refractivity contribution in [2.45, 2.75) is 148 Å². The minimum Gasteiger partial charge on any atom is -0.480 e. The first-order valence-corrected chi connectivity index (χ1v) is 15.6. The van der Waals surface area contributed by atoms with Crippen LogP contribution in [-0.4, -0.2) is 35.6 Å². The summed E-state index contributed by atoms with van der Waals surface area (Å²) in [5, 5.41) is 11.0. The molecule has 0 aliphatic rings. The topological polar surface area (TPSA) is 92.7 Å². The first-order valence-electron chi connectivity index (χ1n) is 15.6. The Labute approximate surface area is 238 Å². The molecule has 0 saturated heterocycles. The predicted octanol–water partition coefficient (Wildman–Crippen LogP) is 8.61. The summed E-state index contributed by atoms with van der Waals surface area (Å²) < 4.78 is 5.81. The zero-order chi connectivity index (χ0) is 28.8. The molecule has 1 amide bonds. The Hall–Kier alpha value is -2.37. The van der Waals surface area contributed by atoms with Gasteiger partial charge in [-0.2, -0.15) is 0 Å². The number of aliphatic carboxylic acids is 1. The van der Waals surface area contributed by atoms with Crippen molar-refractivity contribution in [1.29, 1.82) is 0 Å². The average Bonchev–Trinajstić information content (AvgIpc) is 2.91. The van der Waals surface area contributed by atoms with E-state index in [9.17, 15) is 14.4 Å². The molecule has 0 aromatic heterocycles. The van der Waals surface area contributed by atoms with Gasteiger partial charge in [-0.1, -0.05) is 102 Å². The lowest BCUT2D eigenvalue weighted by Gasteiger charge is -2.14. The van der Waals surface area contributed by atoms with Crippen LogP contribution in [0.4, 0.5) is 0 Å². The molecule has 0 radical (unpaired) electrons. The van der Waals surface area contributed by atoms with Crippen molar-refractivity contribution in [2.75, 3.05) is 6.54 Å². The van der Waals surface area contributed by atoms with Crippen molar-refractivity contribution in [1.82, 2.24) is 5.32 Å². The van der Waals surface area contributed by atoms with E-state index in [0.717, 1.165) is 70.6 Å². The van der Waals surface area contributed by atoms with Crippen molar-refractivity contribution >= 4 is 17.8 Å². The Kier molecular flexibility index (Phi) is 26.9. The molecule has 0 saturated carbocycles. The lowest BCUT2D eigenvalue weighted by atomic mass is 10.1. The van der Waals surface area contributed by atoms with Gasteiger partial charge in [0.25, 0.3) is 0 Å². The van der Waals surface area contributed by atoms with E-state index in [-0.39, 0.29) is 24.5 Å². The molecular formula is C33H57NO5. The van der Waals surface area contributed by atoms with Gasteiger partial charge < -0.3 is 15.2 Å². The van der Waals surface area contributed by atoms with Crippen LogP contribution < -0.4 is 5.32 Å². The van der Waals surface area contributed by atoms with Crippen LogP contribution in [-0.2, 0) is 19.1 Å². The van der Waals surface area contributed by atoms with Gasteiger partial charge in [0, 0.05) is 12.8 Å². The Balaban J connectivity index is 4.25. The standard InChI is InChI=1S/C33H57NO5/c1-3-5-7-9-11-12-13-14-16-18-24-28-33(38)39-30(25-21-17-15-10-8-6-4-2)26-22-19-20-23-27-31(35)34-29-32(36)37/h9-11,15,21,25,30H,3-8,12-14,16-20,22-24,26-29H2,1-2H3,(H,34,35)(H,36,37)/b11-9-,15-10-,25-21-. The van der Waals surface area contributed by atoms with Gasteiger partial charge in [-0.05, 0) is 63.9 Å².